The van der Waals surface area contributed by atoms with E-state index < -0.39 is 0 Å². The van der Waals surface area contributed by atoms with Gasteiger partial charge in [-0.15, -0.1) is 0 Å². The lowest BCUT2D eigenvalue weighted by Gasteiger charge is -2.15. The first kappa shape index (κ1) is 14.4. The predicted octanol–water partition coefficient (Wildman–Crippen LogP) is 2.20. The highest BCUT2D eigenvalue weighted by molar-refractivity contribution is 5.46. The average molecular weight is 276 g/mol. The van der Waals surface area contributed by atoms with E-state index in [0.717, 1.165) is 17.0 Å². The van der Waals surface area contributed by atoms with Gasteiger partial charge in [-0.05, 0) is 26.0 Å². The van der Waals surface area contributed by atoms with Crippen LogP contribution in [0.3, 0.4) is 0 Å². The van der Waals surface area contributed by atoms with E-state index in [2.05, 4.69) is 5.10 Å². The van der Waals surface area contributed by atoms with Gasteiger partial charge >= 0.3 is 0 Å². The van der Waals surface area contributed by atoms with Crippen LogP contribution in [0.4, 0.5) is 0 Å². The van der Waals surface area contributed by atoms with E-state index in [1.165, 1.54) is 0 Å². The fraction of sp³-hybridized carbons (Fsp3) is 0.400. The Morgan fingerprint density at radius 3 is 2.70 bits per heavy atom. The molecule has 0 spiro atoms. The van der Waals surface area contributed by atoms with Crippen LogP contribution in [-0.4, -0.2) is 21.5 Å². The minimum atomic E-state index is -0.0827. The van der Waals surface area contributed by atoms with Crippen LogP contribution in [0.5, 0.6) is 11.5 Å². The number of aryl methyl sites for hydroxylation is 2. The Balaban J connectivity index is 2.21. The average Bonchev–Trinajstić information content (AvgIpc) is 2.75. The van der Waals surface area contributed by atoms with Crippen LogP contribution in [0.2, 0.25) is 0 Å². The van der Waals surface area contributed by atoms with Gasteiger partial charge in [-0.25, -0.2) is 0 Å². The van der Waals surface area contributed by atoms with Crippen LogP contribution >= 0.6 is 0 Å². The van der Waals surface area contributed by atoms with Gasteiger partial charge < -0.3 is 14.6 Å². The third kappa shape index (κ3) is 3.11. The van der Waals surface area contributed by atoms with Gasteiger partial charge in [-0.2, -0.15) is 5.10 Å². The summed E-state index contributed by atoms with van der Waals surface area (Å²) in [7, 11) is 1.88. The number of hydrogen-bond acceptors (Lipinski definition) is 4. The van der Waals surface area contributed by atoms with Crippen molar-refractivity contribution < 1.29 is 14.6 Å². The molecule has 1 aromatic heterocycles. The number of para-hydroxylation sites is 1. The predicted molar refractivity (Wildman–Crippen MR) is 75.8 cm³/mol. The topological polar surface area (TPSA) is 56.5 Å². The largest absolute Gasteiger partial charge is 0.490 e. The molecule has 0 unspecified atom stereocenters. The number of aromatic nitrogens is 2. The van der Waals surface area contributed by atoms with Crippen molar-refractivity contribution in [2.45, 2.75) is 27.1 Å². The highest BCUT2D eigenvalue weighted by Crippen LogP contribution is 2.32. The summed E-state index contributed by atoms with van der Waals surface area (Å²) in [4.78, 5) is 0. The molecule has 20 heavy (non-hydrogen) atoms. The van der Waals surface area contributed by atoms with Crippen LogP contribution < -0.4 is 9.47 Å². The molecule has 5 nitrogen and oxygen atoms in total. The molecule has 0 atom stereocenters. The Kier molecular flexibility index (Phi) is 4.63. The van der Waals surface area contributed by atoms with E-state index in [-0.39, 0.29) is 6.61 Å². The Morgan fingerprint density at radius 2 is 2.10 bits per heavy atom. The summed E-state index contributed by atoms with van der Waals surface area (Å²) in [6, 6.07) is 7.48. The van der Waals surface area contributed by atoms with Gasteiger partial charge in [0.2, 0.25) is 0 Å². The van der Waals surface area contributed by atoms with Gasteiger partial charge in [-0.3, -0.25) is 4.68 Å². The van der Waals surface area contributed by atoms with Gasteiger partial charge in [0, 0.05) is 12.6 Å². The molecule has 0 aliphatic rings. The number of hydrogen-bond donors (Lipinski definition) is 1. The van der Waals surface area contributed by atoms with E-state index >= 15 is 0 Å². The number of nitrogens with zero attached hydrogens (tertiary/aromatic N) is 2. The maximum absolute atomic E-state index is 9.41. The SMILES string of the molecule is CCOc1cccc(CO)c1OCc1cc(C)nn1C. The molecule has 0 aliphatic heterocycles. The van der Waals surface area contributed by atoms with E-state index in [4.69, 9.17) is 9.47 Å². The fourth-order valence-electron chi connectivity index (χ4n) is 2.06. The molecule has 1 heterocycles. The number of aliphatic hydroxyl groups is 1. The zero-order chi connectivity index (χ0) is 14.5. The highest BCUT2D eigenvalue weighted by Gasteiger charge is 2.12. The Hall–Kier alpha value is -2.01. The molecule has 0 radical (unpaired) electrons. The first-order valence-electron chi connectivity index (χ1n) is 6.63. The molecule has 0 saturated heterocycles. The smallest absolute Gasteiger partial charge is 0.167 e. The van der Waals surface area contributed by atoms with Gasteiger partial charge in [0.25, 0.3) is 0 Å². The Morgan fingerprint density at radius 1 is 1.30 bits per heavy atom. The van der Waals surface area contributed by atoms with Crippen molar-refractivity contribution in [2.24, 2.45) is 7.05 Å². The fourth-order valence-corrected chi connectivity index (χ4v) is 2.06. The van der Waals surface area contributed by atoms with Crippen LogP contribution in [-0.2, 0) is 20.3 Å². The van der Waals surface area contributed by atoms with Gasteiger partial charge in [0.15, 0.2) is 11.5 Å². The molecular formula is C15H20N2O3. The molecule has 1 N–H and O–H groups in total. The second-order valence-corrected chi connectivity index (χ2v) is 4.52. The minimum Gasteiger partial charge on any atom is -0.490 e. The lowest BCUT2D eigenvalue weighted by molar-refractivity contribution is 0.239. The maximum Gasteiger partial charge on any atom is 0.167 e. The van der Waals surface area contributed by atoms with Crippen molar-refractivity contribution in [3.8, 4) is 11.5 Å². The van der Waals surface area contributed by atoms with E-state index in [0.29, 0.717) is 24.7 Å². The second kappa shape index (κ2) is 6.43. The normalized spacial score (nSPS) is 10.6. The van der Waals surface area contributed by atoms with Gasteiger partial charge in [-0.1, -0.05) is 12.1 Å². The van der Waals surface area contributed by atoms with Gasteiger partial charge in [0.1, 0.15) is 6.61 Å². The molecule has 0 saturated carbocycles. The van der Waals surface area contributed by atoms with Crippen molar-refractivity contribution in [3.05, 3.63) is 41.2 Å². The zero-order valence-electron chi connectivity index (χ0n) is 12.1. The summed E-state index contributed by atoms with van der Waals surface area (Å²) < 4.78 is 13.2. The molecule has 2 rings (SSSR count). The molecule has 2 aromatic rings. The third-order valence-electron chi connectivity index (χ3n) is 2.99. The zero-order valence-corrected chi connectivity index (χ0v) is 12.1. The van der Waals surface area contributed by atoms with E-state index in [9.17, 15) is 5.11 Å². The lowest BCUT2D eigenvalue weighted by atomic mass is 10.2. The molecule has 0 fully saturated rings. The van der Waals surface area contributed by atoms with Crippen LogP contribution in [0.1, 0.15) is 23.9 Å². The summed E-state index contributed by atoms with van der Waals surface area (Å²) in [6.45, 7) is 4.71. The molecule has 108 valence electrons. The minimum absolute atomic E-state index is 0.0827. The molecule has 0 bridgehead atoms. The third-order valence-corrected chi connectivity index (χ3v) is 2.99. The number of aliphatic hydroxyl groups excluding tert-OH is 1. The highest BCUT2D eigenvalue weighted by atomic mass is 16.5. The summed E-state index contributed by atoms with van der Waals surface area (Å²) in [5.41, 5.74) is 2.64. The lowest BCUT2D eigenvalue weighted by Crippen LogP contribution is -2.06. The van der Waals surface area contributed by atoms with Crippen molar-refractivity contribution in [1.82, 2.24) is 9.78 Å². The Labute approximate surface area is 118 Å². The molecule has 0 amide bonds. The number of benzene rings is 1. The van der Waals surface area contributed by atoms with E-state index in [1.54, 1.807) is 4.68 Å². The van der Waals surface area contributed by atoms with Crippen molar-refractivity contribution in [2.75, 3.05) is 6.61 Å². The summed E-state index contributed by atoms with van der Waals surface area (Å²) in [5.74, 6) is 1.24. The second-order valence-electron chi connectivity index (χ2n) is 4.52. The Bertz CT molecular complexity index is 578. The standard InChI is InChI=1S/C15H20N2O3/c1-4-19-14-7-5-6-12(9-18)15(14)20-10-13-8-11(2)16-17(13)3/h5-8,18H,4,9-10H2,1-3H3. The molecule has 1 aromatic carbocycles. The number of ether oxygens (including phenoxy) is 2. The van der Waals surface area contributed by atoms with Crippen LogP contribution in [0.15, 0.2) is 24.3 Å². The van der Waals surface area contributed by atoms with Crippen molar-refractivity contribution in [3.63, 3.8) is 0 Å². The van der Waals surface area contributed by atoms with Gasteiger partial charge in [0.05, 0.1) is 24.6 Å². The summed E-state index contributed by atoms with van der Waals surface area (Å²) >= 11 is 0. The quantitative estimate of drug-likeness (QED) is 0.878. The molecule has 0 aliphatic carbocycles. The first-order valence-corrected chi connectivity index (χ1v) is 6.63. The van der Waals surface area contributed by atoms with E-state index in [1.807, 2.05) is 45.2 Å². The van der Waals surface area contributed by atoms with Crippen molar-refractivity contribution >= 4 is 0 Å². The summed E-state index contributed by atoms with van der Waals surface area (Å²) in [6.07, 6.45) is 0. The monoisotopic (exact) mass is 276 g/mol. The van der Waals surface area contributed by atoms with Crippen molar-refractivity contribution in [1.29, 1.82) is 0 Å². The van der Waals surface area contributed by atoms with Crippen LogP contribution in [0, 0.1) is 6.92 Å². The molecule has 5 heteroatoms. The van der Waals surface area contributed by atoms with Crippen LogP contribution in [0.25, 0.3) is 0 Å². The first-order chi connectivity index (χ1) is 9.65. The maximum atomic E-state index is 9.41. The summed E-state index contributed by atoms with van der Waals surface area (Å²) in [5, 5.41) is 13.7. The molecular weight excluding hydrogens is 256 g/mol. The number of rotatable bonds is 6.